The maximum absolute atomic E-state index is 12.6. The van der Waals surface area contributed by atoms with Crippen molar-refractivity contribution in [1.82, 2.24) is 4.90 Å². The lowest BCUT2D eigenvalue weighted by Gasteiger charge is -2.32. The van der Waals surface area contributed by atoms with E-state index in [2.05, 4.69) is 36.4 Å². The largest absolute Gasteiger partial charge is 0.378 e. The van der Waals surface area contributed by atoms with Crippen molar-refractivity contribution in [3.05, 3.63) is 60.2 Å². The summed E-state index contributed by atoms with van der Waals surface area (Å²) in [7, 11) is 0. The molecule has 4 nitrogen and oxygen atoms in total. The number of nitrogens with zero attached hydrogens (tertiary/aromatic N) is 1. The van der Waals surface area contributed by atoms with E-state index >= 15 is 0 Å². The molecule has 0 aliphatic carbocycles. The van der Waals surface area contributed by atoms with Crippen molar-refractivity contribution >= 4 is 5.91 Å². The normalized spacial score (nSPS) is 15.2. The zero-order valence-electron chi connectivity index (χ0n) is 15.3. The molecule has 1 aliphatic heterocycles. The Morgan fingerprint density at radius 3 is 2.31 bits per heavy atom. The summed E-state index contributed by atoms with van der Waals surface area (Å²) >= 11 is 0. The Kier molecular flexibility index (Phi) is 6.81. The minimum atomic E-state index is 0.206. The number of carbonyl (C=O) groups is 1. The van der Waals surface area contributed by atoms with Gasteiger partial charge in [0.1, 0.15) is 0 Å². The van der Waals surface area contributed by atoms with E-state index in [1.165, 1.54) is 11.1 Å². The minimum Gasteiger partial charge on any atom is -0.378 e. The fourth-order valence-corrected chi connectivity index (χ4v) is 3.34. The third kappa shape index (κ3) is 5.16. The van der Waals surface area contributed by atoms with E-state index < -0.39 is 0 Å². The Morgan fingerprint density at radius 2 is 1.65 bits per heavy atom. The second kappa shape index (κ2) is 9.51. The Morgan fingerprint density at radius 1 is 1.00 bits per heavy atom. The van der Waals surface area contributed by atoms with Gasteiger partial charge in [0.25, 0.3) is 0 Å². The lowest BCUT2D eigenvalue weighted by Crippen LogP contribution is -2.41. The number of rotatable bonds is 7. The second-order valence-corrected chi connectivity index (χ2v) is 6.83. The Balaban J connectivity index is 1.48. The molecule has 2 aromatic carbocycles. The van der Waals surface area contributed by atoms with Crippen LogP contribution < -0.4 is 5.73 Å². The van der Waals surface area contributed by atoms with Crippen LogP contribution in [0, 0.1) is 0 Å². The van der Waals surface area contributed by atoms with Crippen LogP contribution in [0.25, 0.3) is 11.1 Å². The van der Waals surface area contributed by atoms with E-state index in [0.717, 1.165) is 44.5 Å². The van der Waals surface area contributed by atoms with Gasteiger partial charge in [-0.1, -0.05) is 54.6 Å². The van der Waals surface area contributed by atoms with Crippen LogP contribution in [0.2, 0.25) is 0 Å². The number of carbonyl (C=O) groups excluding carboxylic acids is 1. The SMILES string of the molecule is NCCCOC1CCN(C(=O)Cc2ccc(-c3ccccc3)cc2)CC1. The fraction of sp³-hybridized carbons (Fsp3) is 0.409. The Labute approximate surface area is 156 Å². The van der Waals surface area contributed by atoms with Crippen molar-refractivity contribution in [3.8, 4) is 11.1 Å². The third-order valence-corrected chi connectivity index (χ3v) is 4.91. The van der Waals surface area contributed by atoms with Gasteiger partial charge in [0.05, 0.1) is 12.5 Å². The van der Waals surface area contributed by atoms with E-state index in [4.69, 9.17) is 10.5 Å². The predicted octanol–water partition coefficient (Wildman–Crippen LogP) is 3.25. The first kappa shape index (κ1) is 18.6. The van der Waals surface area contributed by atoms with Crippen molar-refractivity contribution in [3.63, 3.8) is 0 Å². The van der Waals surface area contributed by atoms with Crippen molar-refractivity contribution in [2.24, 2.45) is 5.73 Å². The molecule has 0 aromatic heterocycles. The van der Waals surface area contributed by atoms with Gasteiger partial charge in [-0.15, -0.1) is 0 Å². The highest BCUT2D eigenvalue weighted by Crippen LogP contribution is 2.20. The van der Waals surface area contributed by atoms with E-state index in [1.807, 2.05) is 23.1 Å². The highest BCUT2D eigenvalue weighted by Gasteiger charge is 2.23. The van der Waals surface area contributed by atoms with Gasteiger partial charge in [0.2, 0.25) is 5.91 Å². The van der Waals surface area contributed by atoms with Gasteiger partial charge in [0.15, 0.2) is 0 Å². The topological polar surface area (TPSA) is 55.6 Å². The third-order valence-electron chi connectivity index (χ3n) is 4.91. The van der Waals surface area contributed by atoms with Gasteiger partial charge in [-0.25, -0.2) is 0 Å². The van der Waals surface area contributed by atoms with Crippen molar-refractivity contribution < 1.29 is 9.53 Å². The van der Waals surface area contributed by atoms with Gasteiger partial charge < -0.3 is 15.4 Å². The number of hydrogen-bond acceptors (Lipinski definition) is 3. The molecule has 0 saturated carbocycles. The van der Waals surface area contributed by atoms with Crippen LogP contribution >= 0.6 is 0 Å². The summed E-state index contributed by atoms with van der Waals surface area (Å²) in [6.45, 7) is 2.96. The molecule has 1 heterocycles. The van der Waals surface area contributed by atoms with Crippen LogP contribution in [-0.2, 0) is 16.0 Å². The van der Waals surface area contributed by atoms with Crippen LogP contribution in [0.5, 0.6) is 0 Å². The number of benzene rings is 2. The lowest BCUT2D eigenvalue weighted by atomic mass is 10.0. The molecular weight excluding hydrogens is 324 g/mol. The summed E-state index contributed by atoms with van der Waals surface area (Å²) in [4.78, 5) is 14.5. The van der Waals surface area contributed by atoms with Gasteiger partial charge in [-0.2, -0.15) is 0 Å². The number of likely N-dealkylation sites (tertiary alicyclic amines) is 1. The molecule has 1 saturated heterocycles. The Bertz CT molecular complexity index is 677. The van der Waals surface area contributed by atoms with Crippen LogP contribution in [0.15, 0.2) is 54.6 Å². The van der Waals surface area contributed by atoms with Gasteiger partial charge in [-0.05, 0) is 42.5 Å². The van der Waals surface area contributed by atoms with Crippen molar-refractivity contribution in [2.75, 3.05) is 26.2 Å². The van der Waals surface area contributed by atoms with E-state index in [-0.39, 0.29) is 12.0 Å². The molecule has 26 heavy (non-hydrogen) atoms. The molecular formula is C22H28N2O2. The molecule has 0 radical (unpaired) electrons. The van der Waals surface area contributed by atoms with Crippen LogP contribution in [0.3, 0.4) is 0 Å². The molecule has 1 aliphatic rings. The Hall–Kier alpha value is -2.17. The summed E-state index contributed by atoms with van der Waals surface area (Å²) in [5.74, 6) is 0.206. The zero-order chi connectivity index (χ0) is 18.2. The van der Waals surface area contributed by atoms with Crippen molar-refractivity contribution in [2.45, 2.75) is 31.8 Å². The molecule has 0 unspecified atom stereocenters. The van der Waals surface area contributed by atoms with E-state index in [9.17, 15) is 4.79 Å². The second-order valence-electron chi connectivity index (χ2n) is 6.83. The molecule has 0 atom stereocenters. The van der Waals surface area contributed by atoms with Crippen LogP contribution in [0.4, 0.5) is 0 Å². The van der Waals surface area contributed by atoms with Crippen molar-refractivity contribution in [1.29, 1.82) is 0 Å². The molecule has 2 aromatic rings. The summed E-state index contributed by atoms with van der Waals surface area (Å²) in [5, 5.41) is 0. The van der Waals surface area contributed by atoms with Crippen LogP contribution in [-0.4, -0.2) is 43.2 Å². The fourth-order valence-electron chi connectivity index (χ4n) is 3.34. The highest BCUT2D eigenvalue weighted by atomic mass is 16.5. The standard InChI is InChI=1S/C22H28N2O2/c23-13-4-16-26-21-11-14-24(15-12-21)22(25)17-18-7-9-20(10-8-18)19-5-2-1-3-6-19/h1-3,5-10,21H,4,11-17,23H2. The molecule has 0 bridgehead atoms. The van der Waals surface area contributed by atoms with E-state index in [0.29, 0.717) is 13.0 Å². The van der Waals surface area contributed by atoms with Gasteiger partial charge in [0, 0.05) is 19.7 Å². The maximum Gasteiger partial charge on any atom is 0.226 e. The molecule has 2 N–H and O–H groups in total. The minimum absolute atomic E-state index is 0.206. The molecule has 138 valence electrons. The number of piperidine rings is 1. The molecule has 3 rings (SSSR count). The number of hydrogen-bond donors (Lipinski definition) is 1. The molecule has 0 spiro atoms. The predicted molar refractivity (Wildman–Crippen MR) is 105 cm³/mol. The average Bonchev–Trinajstić information content (AvgIpc) is 2.70. The number of ether oxygens (including phenoxy) is 1. The summed E-state index contributed by atoms with van der Waals surface area (Å²) in [6.07, 6.45) is 3.48. The lowest BCUT2D eigenvalue weighted by molar-refractivity contribution is -0.133. The maximum atomic E-state index is 12.6. The molecule has 4 heteroatoms. The first-order valence-corrected chi connectivity index (χ1v) is 9.50. The van der Waals surface area contributed by atoms with Gasteiger partial charge >= 0.3 is 0 Å². The zero-order valence-corrected chi connectivity index (χ0v) is 15.3. The number of nitrogens with two attached hydrogens (primary N) is 1. The quantitative estimate of drug-likeness (QED) is 0.778. The first-order valence-electron chi connectivity index (χ1n) is 9.50. The number of amides is 1. The monoisotopic (exact) mass is 352 g/mol. The molecule has 1 fully saturated rings. The smallest absolute Gasteiger partial charge is 0.226 e. The molecule has 1 amide bonds. The average molecular weight is 352 g/mol. The van der Waals surface area contributed by atoms with E-state index in [1.54, 1.807) is 0 Å². The summed E-state index contributed by atoms with van der Waals surface area (Å²) < 4.78 is 5.81. The van der Waals surface area contributed by atoms with Crippen LogP contribution in [0.1, 0.15) is 24.8 Å². The summed E-state index contributed by atoms with van der Waals surface area (Å²) in [5.41, 5.74) is 8.93. The van der Waals surface area contributed by atoms with Gasteiger partial charge in [-0.3, -0.25) is 4.79 Å². The summed E-state index contributed by atoms with van der Waals surface area (Å²) in [6, 6.07) is 18.6. The highest BCUT2D eigenvalue weighted by molar-refractivity contribution is 5.79. The first-order chi connectivity index (χ1) is 12.8.